The molecule has 1 saturated heterocycles. The van der Waals surface area contributed by atoms with Gasteiger partial charge in [-0.05, 0) is 31.5 Å². The van der Waals surface area contributed by atoms with Crippen molar-refractivity contribution in [1.29, 1.82) is 0 Å². The van der Waals surface area contributed by atoms with Crippen LogP contribution in [0.25, 0.3) is 0 Å². The van der Waals surface area contributed by atoms with Crippen molar-refractivity contribution in [3.05, 3.63) is 97.0 Å². The van der Waals surface area contributed by atoms with Gasteiger partial charge in [0.2, 0.25) is 18.0 Å². The van der Waals surface area contributed by atoms with Gasteiger partial charge in [0, 0.05) is 36.5 Å². The van der Waals surface area contributed by atoms with Crippen LogP contribution in [0.15, 0.2) is 47.4 Å². The Morgan fingerprint density at radius 3 is 2.60 bits per heavy atom. The van der Waals surface area contributed by atoms with Gasteiger partial charge in [0.05, 0.1) is 24.1 Å². The zero-order valence-corrected chi connectivity index (χ0v) is 25.2. The van der Waals surface area contributed by atoms with Gasteiger partial charge >= 0.3 is 12.1 Å². The van der Waals surface area contributed by atoms with E-state index in [1.54, 1.807) is 6.92 Å². The molecule has 2 amide bonds. The maximum Gasteiger partial charge on any atom is 0.511 e. The van der Waals surface area contributed by atoms with Crippen LogP contribution in [0.5, 0.6) is 11.5 Å². The van der Waals surface area contributed by atoms with E-state index in [1.165, 1.54) is 28.5 Å². The standard InChI is InChI=1S/C30H26F2N4O12/c1-15-7-19(36(42)43)5-6-22(15)48-24(37)13-45-30(41)47-14-46-27-25-29(40)35-16(2)12-44-23(35)11-34(25)10-20(26(27)38)28(39)33-9-17-3-4-18(31)8-21(17)32/h3-8,10,16,23H,9,11-14H2,1-2H3,(H,33,39)/t16-,23+/m0/s1. The number of benzene rings is 2. The topological polar surface area (TPSA) is 195 Å². The molecule has 0 unspecified atom stereocenters. The highest BCUT2D eigenvalue weighted by Gasteiger charge is 2.43. The van der Waals surface area contributed by atoms with E-state index in [4.69, 9.17) is 18.9 Å². The number of amides is 2. The number of rotatable bonds is 10. The summed E-state index contributed by atoms with van der Waals surface area (Å²) in [6.07, 6.45) is -1.01. The lowest BCUT2D eigenvalue weighted by atomic mass is 10.1. The molecule has 2 atom stereocenters. The third-order valence-electron chi connectivity index (χ3n) is 7.32. The van der Waals surface area contributed by atoms with Crippen molar-refractivity contribution in [2.24, 2.45) is 0 Å². The van der Waals surface area contributed by atoms with Crippen molar-refractivity contribution < 1.29 is 56.6 Å². The molecule has 2 aromatic carbocycles. The Morgan fingerprint density at radius 1 is 1.12 bits per heavy atom. The second kappa shape index (κ2) is 13.8. The number of nitro groups is 1. The molecule has 16 nitrogen and oxygen atoms in total. The highest BCUT2D eigenvalue weighted by atomic mass is 19.1. The molecule has 2 aliphatic rings. The average Bonchev–Trinajstić information content (AvgIpc) is 3.41. The molecule has 1 N–H and O–H groups in total. The number of aryl methyl sites for hydroxylation is 1. The molecular weight excluding hydrogens is 646 g/mol. The van der Waals surface area contributed by atoms with Gasteiger partial charge in [-0.15, -0.1) is 0 Å². The predicted molar refractivity (Wildman–Crippen MR) is 155 cm³/mol. The van der Waals surface area contributed by atoms with E-state index >= 15 is 0 Å². The van der Waals surface area contributed by atoms with E-state index in [0.717, 1.165) is 24.4 Å². The monoisotopic (exact) mass is 672 g/mol. The molecule has 3 heterocycles. The first-order chi connectivity index (χ1) is 22.8. The van der Waals surface area contributed by atoms with Crippen LogP contribution in [0.3, 0.4) is 0 Å². The second-order valence-electron chi connectivity index (χ2n) is 10.6. The van der Waals surface area contributed by atoms with E-state index in [9.17, 15) is 42.9 Å². The summed E-state index contributed by atoms with van der Waals surface area (Å²) in [5, 5.41) is 13.2. The summed E-state index contributed by atoms with van der Waals surface area (Å²) in [6.45, 7) is 1.10. The number of nitrogens with one attached hydrogen (secondary N) is 1. The third kappa shape index (κ3) is 7.07. The molecule has 1 fully saturated rings. The van der Waals surface area contributed by atoms with Crippen molar-refractivity contribution in [1.82, 2.24) is 14.8 Å². The number of carbonyl (C=O) groups is 4. The lowest BCUT2D eigenvalue weighted by molar-refractivity contribution is -0.384. The van der Waals surface area contributed by atoms with Crippen LogP contribution < -0.4 is 20.2 Å². The normalized spacial score (nSPS) is 16.4. The number of non-ortho nitro benzene ring substituents is 1. The summed E-state index contributed by atoms with van der Waals surface area (Å²) in [6, 6.07) is 5.90. The molecule has 0 spiro atoms. The van der Waals surface area contributed by atoms with Crippen LogP contribution in [0.2, 0.25) is 0 Å². The molecule has 5 rings (SSSR count). The fourth-order valence-electron chi connectivity index (χ4n) is 5.00. The molecule has 0 bridgehead atoms. The van der Waals surface area contributed by atoms with Crippen LogP contribution in [0.4, 0.5) is 19.3 Å². The molecule has 3 aromatic rings. The maximum atomic E-state index is 14.1. The Labute approximate surface area is 268 Å². The number of fused-ring (bicyclic) bond motifs is 2. The van der Waals surface area contributed by atoms with E-state index in [0.29, 0.717) is 6.07 Å². The molecule has 252 valence electrons. The molecule has 48 heavy (non-hydrogen) atoms. The number of aromatic nitrogens is 1. The first-order valence-corrected chi connectivity index (χ1v) is 14.2. The quantitative estimate of drug-likeness (QED) is 0.109. The van der Waals surface area contributed by atoms with Gasteiger partial charge in [0.15, 0.2) is 18.5 Å². The summed E-state index contributed by atoms with van der Waals surface area (Å²) in [5.74, 6) is -5.05. The molecule has 0 aliphatic carbocycles. The lowest BCUT2D eigenvalue weighted by Gasteiger charge is -2.34. The summed E-state index contributed by atoms with van der Waals surface area (Å²) >= 11 is 0. The zero-order valence-electron chi connectivity index (χ0n) is 25.2. The van der Waals surface area contributed by atoms with Crippen LogP contribution in [-0.4, -0.2) is 70.6 Å². The van der Waals surface area contributed by atoms with Crippen molar-refractivity contribution in [3.63, 3.8) is 0 Å². The summed E-state index contributed by atoms with van der Waals surface area (Å²) in [5.41, 5.74) is -1.82. The summed E-state index contributed by atoms with van der Waals surface area (Å²) in [7, 11) is 0. The number of hydrogen-bond acceptors (Lipinski definition) is 12. The minimum atomic E-state index is -1.43. The largest absolute Gasteiger partial charge is 0.511 e. The Hall–Kier alpha value is -5.91. The number of nitro benzene ring substituents is 1. The van der Waals surface area contributed by atoms with Crippen LogP contribution in [-0.2, 0) is 32.1 Å². The van der Waals surface area contributed by atoms with Gasteiger partial charge in [-0.2, -0.15) is 0 Å². The van der Waals surface area contributed by atoms with E-state index < -0.39 is 83.4 Å². The number of nitrogens with zero attached hydrogens (tertiary/aromatic N) is 3. The molecule has 0 saturated carbocycles. The molecule has 2 aliphatic heterocycles. The predicted octanol–water partition coefficient (Wildman–Crippen LogP) is 2.57. The fraction of sp³-hybridized carbons (Fsp3) is 0.300. The average molecular weight is 673 g/mol. The zero-order chi connectivity index (χ0) is 34.7. The van der Waals surface area contributed by atoms with Crippen molar-refractivity contribution in [3.8, 4) is 11.5 Å². The van der Waals surface area contributed by atoms with Crippen molar-refractivity contribution in [2.75, 3.05) is 20.0 Å². The molecule has 0 radical (unpaired) electrons. The van der Waals surface area contributed by atoms with Gasteiger partial charge in [-0.25, -0.2) is 18.4 Å². The van der Waals surface area contributed by atoms with Gasteiger partial charge in [-0.3, -0.25) is 24.5 Å². The Kier molecular flexibility index (Phi) is 9.64. The number of ether oxygens (including phenoxy) is 5. The van der Waals surface area contributed by atoms with E-state index in [2.05, 4.69) is 10.1 Å². The summed E-state index contributed by atoms with van der Waals surface area (Å²) in [4.78, 5) is 75.9. The van der Waals surface area contributed by atoms with Crippen molar-refractivity contribution >= 4 is 29.6 Å². The number of hydrogen-bond donors (Lipinski definition) is 1. The number of esters is 1. The molecule has 18 heteroatoms. The van der Waals surface area contributed by atoms with Crippen molar-refractivity contribution in [2.45, 2.75) is 39.2 Å². The second-order valence-corrected chi connectivity index (χ2v) is 10.6. The number of pyridine rings is 1. The van der Waals surface area contributed by atoms with E-state index in [1.807, 2.05) is 0 Å². The van der Waals surface area contributed by atoms with Crippen LogP contribution in [0.1, 0.15) is 38.9 Å². The maximum absolute atomic E-state index is 14.1. The number of carbonyl (C=O) groups excluding carboxylic acids is 4. The minimum Gasteiger partial charge on any atom is -0.451 e. The van der Waals surface area contributed by atoms with Gasteiger partial charge in [-0.1, -0.05) is 6.07 Å². The highest BCUT2D eigenvalue weighted by molar-refractivity contribution is 5.99. The van der Waals surface area contributed by atoms with Gasteiger partial charge in [0.1, 0.15) is 22.9 Å². The first kappa shape index (κ1) is 33.5. The third-order valence-corrected chi connectivity index (χ3v) is 7.32. The van der Waals surface area contributed by atoms with Crippen LogP contribution >= 0.6 is 0 Å². The molecule has 1 aromatic heterocycles. The first-order valence-electron chi connectivity index (χ1n) is 14.2. The Morgan fingerprint density at radius 2 is 1.90 bits per heavy atom. The highest BCUT2D eigenvalue weighted by Crippen LogP contribution is 2.30. The Bertz CT molecular complexity index is 1880. The fourth-order valence-corrected chi connectivity index (χ4v) is 5.00. The van der Waals surface area contributed by atoms with Crippen LogP contribution in [0, 0.1) is 28.7 Å². The number of halogens is 2. The molecular formula is C30H26F2N4O12. The van der Waals surface area contributed by atoms with Gasteiger partial charge < -0.3 is 38.5 Å². The van der Waals surface area contributed by atoms with Gasteiger partial charge in [0.25, 0.3) is 17.5 Å². The smallest absolute Gasteiger partial charge is 0.451 e. The lowest BCUT2D eigenvalue weighted by Crippen LogP contribution is -2.49. The minimum absolute atomic E-state index is 0.00695. The SMILES string of the molecule is Cc1cc([N+](=O)[O-])ccc1OC(=O)COC(=O)OCOc1c2n(cc(C(=O)NCc3ccc(F)cc3F)c1=O)C[C@H]1OC[C@H](C)N1C2=O. The Balaban J connectivity index is 1.27. The summed E-state index contributed by atoms with van der Waals surface area (Å²) < 4.78 is 54.2. The van der Waals surface area contributed by atoms with E-state index in [-0.39, 0.29) is 47.5 Å².